The quantitative estimate of drug-likeness (QED) is 0.255. The number of carbonyl (C=O) groups excluding carboxylic acids is 1. The van der Waals surface area contributed by atoms with E-state index in [1.165, 1.54) is 17.0 Å². The Balaban J connectivity index is 1.44. The van der Waals surface area contributed by atoms with Gasteiger partial charge in [0, 0.05) is 17.0 Å². The first-order valence-electron chi connectivity index (χ1n) is 9.64. The van der Waals surface area contributed by atoms with Crippen LogP contribution < -0.4 is 11.2 Å². The number of aromatic nitrogens is 2. The number of ether oxygens (including phenoxy) is 1. The van der Waals surface area contributed by atoms with E-state index >= 15 is 0 Å². The summed E-state index contributed by atoms with van der Waals surface area (Å²) in [5, 5.41) is 3.01. The molecule has 7 heteroatoms. The van der Waals surface area contributed by atoms with Crippen LogP contribution in [0.5, 0.6) is 0 Å². The van der Waals surface area contributed by atoms with Gasteiger partial charge >= 0.3 is 11.6 Å². The average Bonchev–Trinajstić information content (AvgIpc) is 2.79. The van der Waals surface area contributed by atoms with Gasteiger partial charge < -0.3 is 9.15 Å². The van der Waals surface area contributed by atoms with Gasteiger partial charge in [-0.2, -0.15) is 0 Å². The molecule has 0 N–H and O–H groups in total. The summed E-state index contributed by atoms with van der Waals surface area (Å²) in [5.74, 6) is -0.610. The van der Waals surface area contributed by atoms with Crippen molar-refractivity contribution in [2.45, 2.75) is 13.2 Å². The van der Waals surface area contributed by atoms with Crippen molar-refractivity contribution in [2.24, 2.45) is 0 Å². The summed E-state index contributed by atoms with van der Waals surface area (Å²) in [4.78, 5) is 41.2. The lowest BCUT2D eigenvalue weighted by atomic mass is 10.0. The van der Waals surface area contributed by atoms with E-state index in [-0.39, 0.29) is 18.7 Å². The zero-order valence-corrected chi connectivity index (χ0v) is 16.3. The monoisotopic (exact) mass is 412 g/mol. The highest BCUT2D eigenvalue weighted by Gasteiger charge is 2.13. The Morgan fingerprint density at radius 3 is 2.61 bits per heavy atom. The zero-order valence-electron chi connectivity index (χ0n) is 16.3. The van der Waals surface area contributed by atoms with Gasteiger partial charge in [0.05, 0.1) is 17.2 Å². The lowest BCUT2D eigenvalue weighted by molar-refractivity contribution is -0.145. The van der Waals surface area contributed by atoms with E-state index in [1.54, 1.807) is 30.3 Å². The Morgan fingerprint density at radius 1 is 0.968 bits per heavy atom. The molecule has 31 heavy (non-hydrogen) atoms. The number of esters is 1. The van der Waals surface area contributed by atoms with E-state index in [9.17, 15) is 14.4 Å². The van der Waals surface area contributed by atoms with Crippen molar-refractivity contribution >= 4 is 38.6 Å². The second-order valence-corrected chi connectivity index (χ2v) is 7.11. The van der Waals surface area contributed by atoms with Crippen LogP contribution in [-0.2, 0) is 22.7 Å². The second-order valence-electron chi connectivity index (χ2n) is 7.11. The molecule has 0 aliphatic rings. The number of fused-ring (bicyclic) bond motifs is 4. The van der Waals surface area contributed by atoms with Crippen LogP contribution in [0.25, 0.3) is 32.6 Å². The predicted octanol–water partition coefficient (Wildman–Crippen LogP) is 3.40. The van der Waals surface area contributed by atoms with Crippen LogP contribution in [0.3, 0.4) is 0 Å². The molecule has 0 aliphatic heterocycles. The molecule has 0 amide bonds. The van der Waals surface area contributed by atoms with E-state index in [0.717, 1.165) is 16.2 Å². The van der Waals surface area contributed by atoms with E-state index in [0.29, 0.717) is 22.0 Å². The molecular weight excluding hydrogens is 396 g/mol. The van der Waals surface area contributed by atoms with Crippen molar-refractivity contribution in [1.29, 1.82) is 0 Å². The lowest BCUT2D eigenvalue weighted by Gasteiger charge is -2.10. The summed E-state index contributed by atoms with van der Waals surface area (Å²) in [6.45, 7) is -0.401. The van der Waals surface area contributed by atoms with Gasteiger partial charge in [0.25, 0.3) is 5.56 Å². The van der Waals surface area contributed by atoms with Gasteiger partial charge in [-0.1, -0.05) is 42.5 Å². The summed E-state index contributed by atoms with van der Waals surface area (Å²) < 4.78 is 11.9. The first kappa shape index (κ1) is 18.7. The average molecular weight is 412 g/mol. The third kappa shape index (κ3) is 3.46. The van der Waals surface area contributed by atoms with Crippen molar-refractivity contribution in [3.63, 3.8) is 0 Å². The van der Waals surface area contributed by atoms with Crippen molar-refractivity contribution in [3.8, 4) is 0 Å². The van der Waals surface area contributed by atoms with Crippen LogP contribution in [0.2, 0.25) is 0 Å². The van der Waals surface area contributed by atoms with Gasteiger partial charge in [-0.3, -0.25) is 14.2 Å². The minimum atomic E-state index is -0.610. The first-order chi connectivity index (χ1) is 15.1. The van der Waals surface area contributed by atoms with Gasteiger partial charge in [-0.15, -0.1) is 0 Å². The number of carbonyl (C=O) groups is 1. The standard InChI is InChI=1S/C24H16N2O5/c27-21-11-16(23-17-6-2-1-5-15(17)9-10-20(23)31-21)13-30-22(28)12-26-14-25-19-8-4-3-7-18(19)24(26)29/h1-11,14H,12-13H2. The molecule has 3 aromatic carbocycles. The molecule has 0 atom stereocenters. The molecule has 5 aromatic rings. The van der Waals surface area contributed by atoms with Gasteiger partial charge in [0.15, 0.2) is 0 Å². The highest BCUT2D eigenvalue weighted by atomic mass is 16.5. The van der Waals surface area contributed by atoms with E-state index in [1.807, 2.05) is 30.3 Å². The molecule has 0 unspecified atom stereocenters. The third-order valence-corrected chi connectivity index (χ3v) is 5.13. The van der Waals surface area contributed by atoms with E-state index in [2.05, 4.69) is 4.98 Å². The molecule has 0 bridgehead atoms. The molecule has 0 fully saturated rings. The van der Waals surface area contributed by atoms with Crippen LogP contribution in [0.4, 0.5) is 0 Å². The maximum absolute atomic E-state index is 12.6. The number of rotatable bonds is 4. The van der Waals surface area contributed by atoms with Gasteiger partial charge in [-0.25, -0.2) is 9.78 Å². The van der Waals surface area contributed by atoms with Crippen molar-refractivity contribution in [3.05, 3.63) is 99.4 Å². The predicted molar refractivity (Wildman–Crippen MR) is 116 cm³/mol. The fraction of sp³-hybridized carbons (Fsp3) is 0.0833. The van der Waals surface area contributed by atoms with Crippen LogP contribution in [-0.4, -0.2) is 15.5 Å². The molecule has 0 aliphatic carbocycles. The van der Waals surface area contributed by atoms with Crippen molar-refractivity contribution in [1.82, 2.24) is 9.55 Å². The minimum Gasteiger partial charge on any atom is -0.459 e. The van der Waals surface area contributed by atoms with Gasteiger partial charge in [0.1, 0.15) is 18.7 Å². The number of hydrogen-bond acceptors (Lipinski definition) is 6. The zero-order chi connectivity index (χ0) is 21.4. The summed E-state index contributed by atoms with van der Waals surface area (Å²) >= 11 is 0. The minimum absolute atomic E-state index is 0.120. The summed E-state index contributed by atoms with van der Waals surface area (Å²) in [5.41, 5.74) is 0.683. The molecule has 2 aromatic heterocycles. The fourth-order valence-corrected chi connectivity index (χ4v) is 3.70. The van der Waals surface area contributed by atoms with Crippen LogP contribution >= 0.6 is 0 Å². The SMILES string of the molecule is O=C(Cn1cnc2ccccc2c1=O)OCc1cc(=O)oc2ccc3ccccc3c12. The molecule has 0 saturated heterocycles. The molecular formula is C24H16N2O5. The third-order valence-electron chi connectivity index (χ3n) is 5.13. The second kappa shape index (κ2) is 7.53. The van der Waals surface area contributed by atoms with Gasteiger partial charge in [0.2, 0.25) is 0 Å². The maximum Gasteiger partial charge on any atom is 0.336 e. The number of hydrogen-bond donors (Lipinski definition) is 0. The van der Waals surface area contributed by atoms with Crippen LogP contribution in [0.15, 0.2) is 87.1 Å². The molecule has 0 spiro atoms. The Kier molecular flexibility index (Phi) is 4.55. The highest BCUT2D eigenvalue weighted by Crippen LogP contribution is 2.27. The maximum atomic E-state index is 12.6. The summed E-state index contributed by atoms with van der Waals surface area (Å²) in [6.07, 6.45) is 1.33. The van der Waals surface area contributed by atoms with Crippen molar-refractivity contribution < 1.29 is 13.9 Å². The molecule has 0 saturated carbocycles. The normalized spacial score (nSPS) is 11.2. The lowest BCUT2D eigenvalue weighted by Crippen LogP contribution is -2.25. The number of benzene rings is 3. The topological polar surface area (TPSA) is 91.4 Å². The van der Waals surface area contributed by atoms with Crippen LogP contribution in [0.1, 0.15) is 5.56 Å². The van der Waals surface area contributed by atoms with E-state index < -0.39 is 11.6 Å². The Bertz CT molecular complexity index is 1580. The number of nitrogens with zero attached hydrogens (tertiary/aromatic N) is 2. The summed E-state index contributed by atoms with van der Waals surface area (Å²) in [7, 11) is 0. The van der Waals surface area contributed by atoms with Gasteiger partial charge in [-0.05, 0) is 29.0 Å². The Hall–Kier alpha value is -4.26. The molecule has 5 rings (SSSR count). The molecule has 0 radical (unpaired) electrons. The van der Waals surface area contributed by atoms with E-state index in [4.69, 9.17) is 9.15 Å². The Morgan fingerprint density at radius 2 is 1.74 bits per heavy atom. The largest absolute Gasteiger partial charge is 0.459 e. The number of para-hydroxylation sites is 1. The summed E-state index contributed by atoms with van der Waals surface area (Å²) in [6, 6.07) is 19.5. The fourth-order valence-electron chi connectivity index (χ4n) is 3.70. The van der Waals surface area contributed by atoms with Crippen LogP contribution in [0, 0.1) is 0 Å². The first-order valence-corrected chi connectivity index (χ1v) is 9.64. The molecule has 7 nitrogen and oxygen atoms in total. The smallest absolute Gasteiger partial charge is 0.336 e. The highest BCUT2D eigenvalue weighted by molar-refractivity contribution is 6.07. The molecule has 152 valence electrons. The Labute approximate surface area is 175 Å². The van der Waals surface area contributed by atoms with Crippen molar-refractivity contribution in [2.75, 3.05) is 0 Å². The molecule has 2 heterocycles.